The first-order valence-electron chi connectivity index (χ1n) is 5.98. The molecule has 1 unspecified atom stereocenters. The Morgan fingerprint density at radius 2 is 2.00 bits per heavy atom. The van der Waals surface area contributed by atoms with Gasteiger partial charge in [0.15, 0.2) is 0 Å². The maximum absolute atomic E-state index is 12.3. The number of ether oxygens (including phenoxy) is 2. The lowest BCUT2D eigenvalue weighted by molar-refractivity contribution is -0.151. The number of halogens is 3. The molecule has 0 aromatic rings. The van der Waals surface area contributed by atoms with E-state index >= 15 is 0 Å². The molecule has 0 spiro atoms. The number of methoxy groups -OCH3 is 1. The van der Waals surface area contributed by atoms with E-state index in [9.17, 15) is 18.3 Å². The summed E-state index contributed by atoms with van der Waals surface area (Å²) in [6, 6.07) is -0.0414. The van der Waals surface area contributed by atoms with Crippen molar-refractivity contribution in [2.75, 3.05) is 40.0 Å². The van der Waals surface area contributed by atoms with Crippen LogP contribution in [0.25, 0.3) is 0 Å². The van der Waals surface area contributed by atoms with E-state index in [2.05, 4.69) is 0 Å². The van der Waals surface area contributed by atoms with Gasteiger partial charge in [-0.15, -0.1) is 0 Å². The first kappa shape index (κ1) is 15.7. The predicted octanol–water partition coefficient (Wildman–Crippen LogP) is 1.04. The molecule has 0 amide bonds. The number of rotatable bonds is 9. The van der Waals surface area contributed by atoms with Crippen LogP contribution >= 0.6 is 0 Å². The van der Waals surface area contributed by atoms with E-state index in [4.69, 9.17) is 9.47 Å². The molecule has 0 aliphatic heterocycles. The second-order valence-electron chi connectivity index (χ2n) is 4.50. The van der Waals surface area contributed by atoms with E-state index in [1.807, 2.05) is 0 Å². The molecule has 0 radical (unpaired) electrons. The van der Waals surface area contributed by atoms with Gasteiger partial charge in [0, 0.05) is 19.7 Å². The molecule has 0 bridgehead atoms. The topological polar surface area (TPSA) is 41.9 Å². The summed E-state index contributed by atoms with van der Waals surface area (Å²) in [5.74, 6) is 0. The van der Waals surface area contributed by atoms with Crippen LogP contribution in [0.15, 0.2) is 0 Å². The number of hydrogen-bond donors (Lipinski definition) is 1. The van der Waals surface area contributed by atoms with Crippen LogP contribution in [-0.2, 0) is 9.47 Å². The molecule has 1 aliphatic carbocycles. The third-order valence-electron chi connectivity index (χ3n) is 2.63. The van der Waals surface area contributed by atoms with Gasteiger partial charge in [-0.2, -0.15) is 13.2 Å². The molecule has 1 fully saturated rings. The highest BCUT2D eigenvalue weighted by Crippen LogP contribution is 2.30. The third-order valence-corrected chi connectivity index (χ3v) is 2.63. The summed E-state index contributed by atoms with van der Waals surface area (Å²) >= 11 is 0. The maximum Gasteiger partial charge on any atom is 0.401 e. The standard InChI is InChI=1S/C11H20F3NO3/c1-17-4-5-18-7-10(16)6-15(9-2-3-9)8-11(12,13)14/h9-10,16H,2-8H2,1H3. The molecule has 1 saturated carbocycles. The molecule has 4 nitrogen and oxygen atoms in total. The van der Waals surface area contributed by atoms with Crippen molar-refractivity contribution in [3.8, 4) is 0 Å². The average molecular weight is 271 g/mol. The maximum atomic E-state index is 12.3. The zero-order valence-electron chi connectivity index (χ0n) is 10.4. The van der Waals surface area contributed by atoms with Crippen LogP contribution in [0, 0.1) is 0 Å². The number of hydrogen-bond acceptors (Lipinski definition) is 4. The fourth-order valence-corrected chi connectivity index (χ4v) is 1.70. The molecular formula is C11H20F3NO3. The van der Waals surface area contributed by atoms with Crippen LogP contribution in [0.5, 0.6) is 0 Å². The van der Waals surface area contributed by atoms with Crippen molar-refractivity contribution in [1.82, 2.24) is 4.90 Å². The van der Waals surface area contributed by atoms with Gasteiger partial charge in [-0.3, -0.25) is 4.90 Å². The minimum atomic E-state index is -4.22. The largest absolute Gasteiger partial charge is 0.401 e. The van der Waals surface area contributed by atoms with E-state index in [0.29, 0.717) is 13.2 Å². The van der Waals surface area contributed by atoms with Gasteiger partial charge in [0.05, 0.1) is 32.5 Å². The summed E-state index contributed by atoms with van der Waals surface area (Å²) in [7, 11) is 1.53. The Morgan fingerprint density at radius 3 is 2.50 bits per heavy atom. The highest BCUT2D eigenvalue weighted by atomic mass is 19.4. The molecule has 1 rings (SSSR count). The van der Waals surface area contributed by atoms with E-state index in [1.165, 1.54) is 12.0 Å². The number of nitrogens with zero attached hydrogens (tertiary/aromatic N) is 1. The fourth-order valence-electron chi connectivity index (χ4n) is 1.70. The Kier molecular flexibility index (Phi) is 6.34. The first-order chi connectivity index (χ1) is 8.42. The van der Waals surface area contributed by atoms with Crippen LogP contribution in [0.3, 0.4) is 0 Å². The van der Waals surface area contributed by atoms with Crippen molar-refractivity contribution in [3.05, 3.63) is 0 Å². The SMILES string of the molecule is COCCOCC(O)CN(CC(F)(F)F)C1CC1. The second-order valence-corrected chi connectivity index (χ2v) is 4.50. The van der Waals surface area contributed by atoms with Crippen molar-refractivity contribution in [3.63, 3.8) is 0 Å². The minimum absolute atomic E-state index is 0.00282. The van der Waals surface area contributed by atoms with Crippen LogP contribution < -0.4 is 0 Å². The second kappa shape index (κ2) is 7.28. The van der Waals surface area contributed by atoms with Crippen LogP contribution in [0.1, 0.15) is 12.8 Å². The lowest BCUT2D eigenvalue weighted by Crippen LogP contribution is -2.42. The van der Waals surface area contributed by atoms with Crippen LogP contribution in [0.2, 0.25) is 0 Å². The van der Waals surface area contributed by atoms with Gasteiger partial charge in [-0.25, -0.2) is 0 Å². The summed E-state index contributed by atoms with van der Waals surface area (Å²) in [6.07, 6.45) is -3.58. The van der Waals surface area contributed by atoms with Gasteiger partial charge >= 0.3 is 6.18 Å². The highest BCUT2D eigenvalue weighted by Gasteiger charge is 2.38. The summed E-state index contributed by atoms with van der Waals surface area (Å²) in [5.41, 5.74) is 0. The van der Waals surface area contributed by atoms with Crippen molar-refractivity contribution < 1.29 is 27.8 Å². The fraction of sp³-hybridized carbons (Fsp3) is 1.00. The summed E-state index contributed by atoms with van der Waals surface area (Å²) < 4.78 is 46.8. The van der Waals surface area contributed by atoms with E-state index in [-0.39, 0.29) is 19.2 Å². The predicted molar refractivity (Wildman–Crippen MR) is 59.4 cm³/mol. The van der Waals surface area contributed by atoms with Crippen molar-refractivity contribution in [2.24, 2.45) is 0 Å². The Morgan fingerprint density at radius 1 is 1.33 bits per heavy atom. The highest BCUT2D eigenvalue weighted by molar-refractivity contribution is 4.86. The molecule has 1 atom stereocenters. The molecule has 0 heterocycles. The number of alkyl halides is 3. The molecule has 18 heavy (non-hydrogen) atoms. The van der Waals surface area contributed by atoms with Crippen molar-refractivity contribution in [2.45, 2.75) is 31.2 Å². The van der Waals surface area contributed by atoms with Gasteiger partial charge in [0.1, 0.15) is 0 Å². The van der Waals surface area contributed by atoms with Gasteiger partial charge in [-0.05, 0) is 12.8 Å². The van der Waals surface area contributed by atoms with E-state index in [1.54, 1.807) is 0 Å². The Labute approximate surface area is 105 Å². The minimum Gasteiger partial charge on any atom is -0.389 e. The molecule has 108 valence electrons. The molecule has 0 aromatic heterocycles. The van der Waals surface area contributed by atoms with Gasteiger partial charge < -0.3 is 14.6 Å². The van der Waals surface area contributed by atoms with E-state index < -0.39 is 18.8 Å². The quantitative estimate of drug-likeness (QED) is 0.636. The van der Waals surface area contributed by atoms with Gasteiger partial charge in [0.25, 0.3) is 0 Å². The number of aliphatic hydroxyl groups is 1. The molecule has 0 saturated heterocycles. The molecule has 0 aromatic carbocycles. The Bertz CT molecular complexity index is 234. The smallest absolute Gasteiger partial charge is 0.389 e. The Balaban J connectivity index is 2.23. The van der Waals surface area contributed by atoms with Crippen molar-refractivity contribution >= 4 is 0 Å². The third kappa shape index (κ3) is 7.15. The molecular weight excluding hydrogens is 251 g/mol. The average Bonchev–Trinajstić information content (AvgIpc) is 3.05. The normalized spacial score (nSPS) is 18.3. The first-order valence-corrected chi connectivity index (χ1v) is 5.98. The zero-order chi connectivity index (χ0) is 13.6. The van der Waals surface area contributed by atoms with Crippen molar-refractivity contribution in [1.29, 1.82) is 0 Å². The molecule has 1 aliphatic rings. The molecule has 7 heteroatoms. The van der Waals surface area contributed by atoms with Crippen LogP contribution in [-0.4, -0.2) is 68.3 Å². The lowest BCUT2D eigenvalue weighted by Gasteiger charge is -2.25. The monoisotopic (exact) mass is 271 g/mol. The van der Waals surface area contributed by atoms with E-state index in [0.717, 1.165) is 12.8 Å². The summed E-state index contributed by atoms with van der Waals surface area (Å²) in [5, 5.41) is 9.62. The lowest BCUT2D eigenvalue weighted by atomic mass is 10.3. The number of aliphatic hydroxyl groups excluding tert-OH is 1. The zero-order valence-corrected chi connectivity index (χ0v) is 10.4. The Hall–Kier alpha value is -0.370. The summed E-state index contributed by atoms with van der Waals surface area (Å²) in [4.78, 5) is 1.28. The summed E-state index contributed by atoms with van der Waals surface area (Å²) in [6.45, 7) is -0.202. The molecule has 1 N–H and O–H groups in total. The van der Waals surface area contributed by atoms with Gasteiger partial charge in [-0.1, -0.05) is 0 Å². The van der Waals surface area contributed by atoms with Crippen LogP contribution in [0.4, 0.5) is 13.2 Å². The van der Waals surface area contributed by atoms with Gasteiger partial charge in [0.2, 0.25) is 0 Å².